The zero-order chi connectivity index (χ0) is 12.1. The van der Waals surface area contributed by atoms with Gasteiger partial charge in [-0.3, -0.25) is 0 Å². The Morgan fingerprint density at radius 1 is 1.31 bits per heavy atom. The molecule has 16 heavy (non-hydrogen) atoms. The minimum Gasteiger partial charge on any atom is -0.402 e. The number of nitrogens with two attached hydrogens (primary N) is 1. The Morgan fingerprint density at radius 2 is 1.88 bits per heavy atom. The van der Waals surface area contributed by atoms with Crippen LogP contribution in [0, 0.1) is 6.92 Å². The van der Waals surface area contributed by atoms with E-state index in [0.29, 0.717) is 5.92 Å². The van der Waals surface area contributed by atoms with Crippen LogP contribution in [0.2, 0.25) is 0 Å². The third kappa shape index (κ3) is 3.27. The summed E-state index contributed by atoms with van der Waals surface area (Å²) >= 11 is 0. The van der Waals surface area contributed by atoms with Crippen LogP contribution in [-0.4, -0.2) is 0 Å². The Bertz CT molecular complexity index is 380. The largest absolute Gasteiger partial charge is 0.402 e. The molecule has 0 aliphatic carbocycles. The standard InChI is InChI=1S/C15H21N/c1-5-13(10-15(16)11(2)3)14-8-6-12(4)7-9-14/h5-9,13H,1,10,16H2,2-4H3. The summed E-state index contributed by atoms with van der Waals surface area (Å²) in [5.41, 5.74) is 10.7. The van der Waals surface area contributed by atoms with Crippen LogP contribution < -0.4 is 5.73 Å². The third-order valence-corrected chi connectivity index (χ3v) is 2.87. The zero-order valence-electron chi connectivity index (χ0n) is 10.5. The summed E-state index contributed by atoms with van der Waals surface area (Å²) in [4.78, 5) is 0. The summed E-state index contributed by atoms with van der Waals surface area (Å²) in [6.07, 6.45) is 2.83. The molecule has 1 aromatic rings. The average molecular weight is 215 g/mol. The molecule has 0 aromatic heterocycles. The molecule has 0 saturated carbocycles. The van der Waals surface area contributed by atoms with Crippen molar-refractivity contribution in [3.05, 3.63) is 59.3 Å². The van der Waals surface area contributed by atoms with Crippen LogP contribution in [-0.2, 0) is 0 Å². The fourth-order valence-electron chi connectivity index (χ4n) is 1.59. The van der Waals surface area contributed by atoms with Crippen molar-refractivity contribution >= 4 is 0 Å². The van der Waals surface area contributed by atoms with Gasteiger partial charge in [-0.05, 0) is 32.8 Å². The normalized spacial score (nSPS) is 11.9. The van der Waals surface area contributed by atoms with Gasteiger partial charge in [-0.15, -0.1) is 6.58 Å². The number of allylic oxidation sites excluding steroid dienone is 3. The Balaban J connectivity index is 2.87. The van der Waals surface area contributed by atoms with Crippen molar-refractivity contribution in [3.8, 4) is 0 Å². The zero-order valence-corrected chi connectivity index (χ0v) is 10.5. The minimum atomic E-state index is 0.315. The van der Waals surface area contributed by atoms with Gasteiger partial charge in [-0.25, -0.2) is 0 Å². The first-order valence-electron chi connectivity index (χ1n) is 5.65. The van der Waals surface area contributed by atoms with E-state index in [-0.39, 0.29) is 0 Å². The van der Waals surface area contributed by atoms with Crippen LogP contribution in [0.25, 0.3) is 0 Å². The maximum absolute atomic E-state index is 5.99. The van der Waals surface area contributed by atoms with E-state index >= 15 is 0 Å². The fraction of sp³-hybridized carbons (Fsp3) is 0.333. The Kier molecular flexibility index (Phi) is 4.36. The van der Waals surface area contributed by atoms with Crippen LogP contribution in [0.3, 0.4) is 0 Å². The molecule has 1 nitrogen and oxygen atoms in total. The van der Waals surface area contributed by atoms with Gasteiger partial charge >= 0.3 is 0 Å². The first-order valence-corrected chi connectivity index (χ1v) is 5.65. The maximum Gasteiger partial charge on any atom is 0.00760 e. The molecule has 0 fully saturated rings. The molecule has 0 aliphatic rings. The van der Waals surface area contributed by atoms with Crippen LogP contribution in [0.5, 0.6) is 0 Å². The molecule has 2 N–H and O–H groups in total. The molecule has 1 aromatic carbocycles. The summed E-state index contributed by atoms with van der Waals surface area (Å²) in [6, 6.07) is 8.56. The van der Waals surface area contributed by atoms with Crippen molar-refractivity contribution in [2.75, 3.05) is 0 Å². The Labute approximate surface area is 98.7 Å². The number of hydrogen-bond donors (Lipinski definition) is 1. The highest BCUT2D eigenvalue weighted by molar-refractivity contribution is 5.28. The SMILES string of the molecule is C=CC(CC(N)=C(C)C)c1ccc(C)cc1. The second-order valence-corrected chi connectivity index (χ2v) is 4.48. The van der Waals surface area contributed by atoms with Crippen molar-refractivity contribution in [2.24, 2.45) is 5.73 Å². The molecule has 0 amide bonds. The first-order chi connectivity index (χ1) is 7.54. The molecule has 0 spiro atoms. The van der Waals surface area contributed by atoms with Gasteiger partial charge in [-0.2, -0.15) is 0 Å². The molecular weight excluding hydrogens is 194 g/mol. The van der Waals surface area contributed by atoms with Crippen LogP contribution in [0.4, 0.5) is 0 Å². The molecule has 0 bridgehead atoms. The topological polar surface area (TPSA) is 26.0 Å². The van der Waals surface area contributed by atoms with Crippen LogP contribution >= 0.6 is 0 Å². The summed E-state index contributed by atoms with van der Waals surface area (Å²) in [7, 11) is 0. The Morgan fingerprint density at radius 3 is 2.31 bits per heavy atom. The number of hydrogen-bond acceptors (Lipinski definition) is 1. The molecule has 86 valence electrons. The highest BCUT2D eigenvalue weighted by Crippen LogP contribution is 2.24. The van der Waals surface area contributed by atoms with Gasteiger partial charge in [0.25, 0.3) is 0 Å². The van der Waals surface area contributed by atoms with Gasteiger partial charge in [-0.1, -0.05) is 41.5 Å². The number of rotatable bonds is 4. The van der Waals surface area contributed by atoms with E-state index in [2.05, 4.69) is 37.8 Å². The number of benzene rings is 1. The highest BCUT2D eigenvalue weighted by atomic mass is 14.6. The van der Waals surface area contributed by atoms with E-state index in [1.54, 1.807) is 0 Å². The third-order valence-electron chi connectivity index (χ3n) is 2.87. The summed E-state index contributed by atoms with van der Waals surface area (Å²) < 4.78 is 0. The lowest BCUT2D eigenvalue weighted by molar-refractivity contribution is 0.807. The van der Waals surface area contributed by atoms with Crippen LogP contribution in [0.15, 0.2) is 48.2 Å². The van der Waals surface area contributed by atoms with Gasteiger partial charge in [0.1, 0.15) is 0 Å². The minimum absolute atomic E-state index is 0.315. The van der Waals surface area contributed by atoms with Gasteiger partial charge in [0.2, 0.25) is 0 Å². The average Bonchev–Trinajstić information content (AvgIpc) is 2.26. The van der Waals surface area contributed by atoms with Crippen LogP contribution in [0.1, 0.15) is 37.3 Å². The molecule has 1 unspecified atom stereocenters. The second-order valence-electron chi connectivity index (χ2n) is 4.48. The predicted octanol–water partition coefficient (Wildman–Crippen LogP) is 3.91. The molecule has 1 heteroatoms. The quantitative estimate of drug-likeness (QED) is 0.757. The summed E-state index contributed by atoms with van der Waals surface area (Å²) in [5.74, 6) is 0.315. The Hall–Kier alpha value is -1.50. The van der Waals surface area contributed by atoms with Crippen molar-refractivity contribution in [1.82, 2.24) is 0 Å². The maximum atomic E-state index is 5.99. The van der Waals surface area contributed by atoms with E-state index in [9.17, 15) is 0 Å². The molecule has 0 heterocycles. The molecule has 0 radical (unpaired) electrons. The lowest BCUT2D eigenvalue weighted by Crippen LogP contribution is -2.05. The highest BCUT2D eigenvalue weighted by Gasteiger charge is 2.08. The molecule has 0 aliphatic heterocycles. The molecular formula is C15H21N. The van der Waals surface area contributed by atoms with Gasteiger partial charge in [0.05, 0.1) is 0 Å². The van der Waals surface area contributed by atoms with Gasteiger partial charge in [0.15, 0.2) is 0 Å². The lowest BCUT2D eigenvalue weighted by Gasteiger charge is -2.14. The van der Waals surface area contributed by atoms with E-state index in [1.165, 1.54) is 16.7 Å². The summed E-state index contributed by atoms with van der Waals surface area (Å²) in [5, 5.41) is 0. The summed E-state index contributed by atoms with van der Waals surface area (Å²) in [6.45, 7) is 10.1. The van der Waals surface area contributed by atoms with E-state index < -0.39 is 0 Å². The van der Waals surface area contributed by atoms with Crippen molar-refractivity contribution in [2.45, 2.75) is 33.1 Å². The van der Waals surface area contributed by atoms with Crippen molar-refractivity contribution in [1.29, 1.82) is 0 Å². The second kappa shape index (κ2) is 5.55. The molecule has 1 atom stereocenters. The first kappa shape index (κ1) is 12.6. The molecule has 1 rings (SSSR count). The van der Waals surface area contributed by atoms with E-state index in [4.69, 9.17) is 5.73 Å². The molecule has 0 saturated heterocycles. The van der Waals surface area contributed by atoms with Gasteiger partial charge < -0.3 is 5.73 Å². The monoisotopic (exact) mass is 215 g/mol. The van der Waals surface area contributed by atoms with Crippen molar-refractivity contribution in [3.63, 3.8) is 0 Å². The lowest BCUT2D eigenvalue weighted by atomic mass is 9.93. The predicted molar refractivity (Wildman–Crippen MR) is 71.3 cm³/mol. The van der Waals surface area contributed by atoms with Crippen molar-refractivity contribution < 1.29 is 0 Å². The van der Waals surface area contributed by atoms with Gasteiger partial charge in [0, 0.05) is 11.6 Å². The number of aryl methyl sites for hydroxylation is 1. The van der Waals surface area contributed by atoms with E-state index in [0.717, 1.165) is 12.1 Å². The van der Waals surface area contributed by atoms with E-state index in [1.807, 2.05) is 19.9 Å². The fourth-order valence-corrected chi connectivity index (χ4v) is 1.59. The smallest absolute Gasteiger partial charge is 0.00760 e.